The number of nitrogens with two attached hydrogens (primary N) is 1. The van der Waals surface area contributed by atoms with Crippen molar-refractivity contribution in [2.75, 3.05) is 32.7 Å². The van der Waals surface area contributed by atoms with Crippen molar-refractivity contribution >= 4 is 0 Å². The topological polar surface area (TPSA) is 41.3 Å². The predicted octanol–water partition coefficient (Wildman–Crippen LogP) is 1.97. The Balaban J connectivity index is 0.000000181. The molecule has 0 spiro atoms. The van der Waals surface area contributed by atoms with Crippen LogP contribution in [0.1, 0.15) is 51.9 Å². The van der Waals surface area contributed by atoms with E-state index >= 15 is 0 Å². The highest BCUT2D eigenvalue weighted by atomic mass is 15.2. The highest BCUT2D eigenvalue weighted by Crippen LogP contribution is 2.14. The summed E-state index contributed by atoms with van der Waals surface area (Å²) in [6, 6.07) is 0.536. The molecule has 2 fully saturated rings. The summed E-state index contributed by atoms with van der Waals surface area (Å²) in [5, 5.41) is 3.35. The fourth-order valence-corrected chi connectivity index (χ4v) is 2.45. The number of unbranched alkanes of at least 4 members (excludes halogenated alkanes) is 1. The van der Waals surface area contributed by atoms with Crippen LogP contribution in [0.15, 0.2) is 0 Å². The maximum atomic E-state index is 5.63. The van der Waals surface area contributed by atoms with Gasteiger partial charge in [-0.2, -0.15) is 0 Å². The quantitative estimate of drug-likeness (QED) is 0.794. The van der Waals surface area contributed by atoms with Crippen LogP contribution in [0.4, 0.5) is 0 Å². The second-order valence-corrected chi connectivity index (χ2v) is 5.34. The van der Waals surface area contributed by atoms with Crippen LogP contribution in [-0.4, -0.2) is 43.7 Å². The van der Waals surface area contributed by atoms with Crippen LogP contribution >= 0.6 is 0 Å². The lowest BCUT2D eigenvalue weighted by Gasteiger charge is -2.26. The Morgan fingerprint density at radius 3 is 2.24 bits per heavy atom. The molecule has 1 aliphatic carbocycles. The van der Waals surface area contributed by atoms with Crippen molar-refractivity contribution in [1.82, 2.24) is 10.2 Å². The standard InChI is InChI=1S/C8H18N2.C6H13N/c1-2-3-6-10-7-4-9-5-8-10;7-6-4-2-1-3-5-6/h9H,2-8H2,1H3;6H,1-5,7H2. The van der Waals surface area contributed by atoms with E-state index in [-0.39, 0.29) is 0 Å². The van der Waals surface area contributed by atoms with Gasteiger partial charge in [0.25, 0.3) is 0 Å². The van der Waals surface area contributed by atoms with Crippen molar-refractivity contribution in [2.24, 2.45) is 5.73 Å². The summed E-state index contributed by atoms with van der Waals surface area (Å²) < 4.78 is 0. The normalized spacial score (nSPS) is 22.9. The van der Waals surface area contributed by atoms with Gasteiger partial charge in [-0.3, -0.25) is 0 Å². The lowest BCUT2D eigenvalue weighted by atomic mass is 9.97. The number of hydrogen-bond acceptors (Lipinski definition) is 3. The number of nitrogens with zero attached hydrogens (tertiary/aromatic N) is 1. The van der Waals surface area contributed by atoms with Crippen LogP contribution in [0, 0.1) is 0 Å². The lowest BCUT2D eigenvalue weighted by Crippen LogP contribution is -2.43. The maximum absolute atomic E-state index is 5.63. The molecule has 1 saturated heterocycles. The molecule has 2 rings (SSSR count). The van der Waals surface area contributed by atoms with Crippen molar-refractivity contribution in [3.05, 3.63) is 0 Å². The minimum Gasteiger partial charge on any atom is -0.328 e. The van der Waals surface area contributed by atoms with Gasteiger partial charge >= 0.3 is 0 Å². The Bertz CT molecular complexity index is 161. The van der Waals surface area contributed by atoms with Crippen molar-refractivity contribution < 1.29 is 0 Å². The van der Waals surface area contributed by atoms with Crippen molar-refractivity contribution in [1.29, 1.82) is 0 Å². The highest BCUT2D eigenvalue weighted by molar-refractivity contribution is 4.67. The van der Waals surface area contributed by atoms with Gasteiger partial charge in [0.2, 0.25) is 0 Å². The van der Waals surface area contributed by atoms with Gasteiger partial charge < -0.3 is 16.0 Å². The molecule has 2 aliphatic rings. The average molecular weight is 241 g/mol. The molecule has 0 unspecified atom stereocenters. The zero-order valence-electron chi connectivity index (χ0n) is 11.6. The molecule has 0 aromatic carbocycles. The summed E-state index contributed by atoms with van der Waals surface area (Å²) in [5.41, 5.74) is 5.63. The van der Waals surface area contributed by atoms with Gasteiger partial charge in [-0.05, 0) is 25.8 Å². The largest absolute Gasteiger partial charge is 0.328 e. The second-order valence-electron chi connectivity index (χ2n) is 5.34. The highest BCUT2D eigenvalue weighted by Gasteiger charge is 2.07. The van der Waals surface area contributed by atoms with E-state index in [2.05, 4.69) is 17.1 Å². The molecule has 1 heterocycles. The fourth-order valence-electron chi connectivity index (χ4n) is 2.45. The summed E-state index contributed by atoms with van der Waals surface area (Å²) in [6.45, 7) is 8.42. The zero-order chi connectivity index (χ0) is 12.3. The third kappa shape index (κ3) is 7.74. The minimum absolute atomic E-state index is 0.536. The molecule has 3 N–H and O–H groups in total. The van der Waals surface area contributed by atoms with E-state index in [4.69, 9.17) is 5.73 Å². The third-order valence-electron chi connectivity index (χ3n) is 3.69. The van der Waals surface area contributed by atoms with Crippen LogP contribution in [0.3, 0.4) is 0 Å². The molecule has 0 atom stereocenters. The van der Waals surface area contributed by atoms with Gasteiger partial charge in [0.1, 0.15) is 0 Å². The predicted molar refractivity (Wildman–Crippen MR) is 75.3 cm³/mol. The van der Waals surface area contributed by atoms with E-state index in [1.165, 1.54) is 77.7 Å². The fraction of sp³-hybridized carbons (Fsp3) is 1.00. The van der Waals surface area contributed by atoms with E-state index in [1.54, 1.807) is 0 Å². The maximum Gasteiger partial charge on any atom is 0.0107 e. The molecular weight excluding hydrogens is 210 g/mol. The van der Waals surface area contributed by atoms with Crippen LogP contribution in [0.25, 0.3) is 0 Å². The first-order valence-corrected chi connectivity index (χ1v) is 7.51. The summed E-state index contributed by atoms with van der Waals surface area (Å²) in [4.78, 5) is 2.54. The number of nitrogens with one attached hydrogen (secondary N) is 1. The molecule has 17 heavy (non-hydrogen) atoms. The van der Waals surface area contributed by atoms with E-state index in [9.17, 15) is 0 Å². The first-order chi connectivity index (χ1) is 8.33. The molecule has 0 aromatic rings. The van der Waals surface area contributed by atoms with Gasteiger partial charge in [-0.1, -0.05) is 32.6 Å². The second kappa shape index (κ2) is 9.86. The summed E-state index contributed by atoms with van der Waals surface area (Å²) in [5.74, 6) is 0. The van der Waals surface area contributed by atoms with Gasteiger partial charge in [0, 0.05) is 32.2 Å². The Morgan fingerprint density at radius 1 is 1.12 bits per heavy atom. The van der Waals surface area contributed by atoms with Crippen LogP contribution < -0.4 is 11.1 Å². The number of piperazine rings is 1. The summed E-state index contributed by atoms with van der Waals surface area (Å²) >= 11 is 0. The lowest BCUT2D eigenvalue weighted by molar-refractivity contribution is 0.238. The Labute approximate surface area is 107 Å². The van der Waals surface area contributed by atoms with Crippen LogP contribution in [0.2, 0.25) is 0 Å². The molecule has 1 saturated carbocycles. The smallest absolute Gasteiger partial charge is 0.0107 e. The molecule has 102 valence electrons. The van der Waals surface area contributed by atoms with Gasteiger partial charge in [0.15, 0.2) is 0 Å². The first kappa shape index (κ1) is 14.9. The van der Waals surface area contributed by atoms with Gasteiger partial charge in [-0.15, -0.1) is 0 Å². The van der Waals surface area contributed by atoms with E-state index in [1.807, 2.05) is 0 Å². The monoisotopic (exact) mass is 241 g/mol. The van der Waals surface area contributed by atoms with Crippen molar-refractivity contribution in [3.8, 4) is 0 Å². The molecule has 1 aliphatic heterocycles. The van der Waals surface area contributed by atoms with E-state index in [0.29, 0.717) is 6.04 Å². The Kier molecular flexibility index (Phi) is 8.67. The Hall–Kier alpha value is -0.120. The average Bonchev–Trinajstić information content (AvgIpc) is 2.39. The molecular formula is C14H31N3. The summed E-state index contributed by atoms with van der Waals surface area (Å²) in [6.07, 6.45) is 9.35. The first-order valence-electron chi connectivity index (χ1n) is 7.51. The molecule has 0 amide bonds. The van der Waals surface area contributed by atoms with Gasteiger partial charge in [0.05, 0.1) is 0 Å². The van der Waals surface area contributed by atoms with Gasteiger partial charge in [-0.25, -0.2) is 0 Å². The van der Waals surface area contributed by atoms with Crippen molar-refractivity contribution in [3.63, 3.8) is 0 Å². The number of rotatable bonds is 3. The molecule has 3 heteroatoms. The van der Waals surface area contributed by atoms with E-state index in [0.717, 1.165) is 0 Å². The van der Waals surface area contributed by atoms with Crippen molar-refractivity contribution in [2.45, 2.75) is 57.9 Å². The third-order valence-corrected chi connectivity index (χ3v) is 3.69. The molecule has 0 bridgehead atoms. The minimum atomic E-state index is 0.536. The Morgan fingerprint density at radius 2 is 1.76 bits per heavy atom. The SMILES string of the molecule is CCCCN1CCNCC1.NC1CCCCC1. The van der Waals surface area contributed by atoms with Crippen LogP contribution in [-0.2, 0) is 0 Å². The molecule has 0 aromatic heterocycles. The molecule has 0 radical (unpaired) electrons. The summed E-state index contributed by atoms with van der Waals surface area (Å²) in [7, 11) is 0. The number of hydrogen-bond donors (Lipinski definition) is 2. The van der Waals surface area contributed by atoms with Crippen LogP contribution in [0.5, 0.6) is 0 Å². The zero-order valence-corrected chi connectivity index (χ0v) is 11.6. The molecule has 3 nitrogen and oxygen atoms in total. The van der Waals surface area contributed by atoms with E-state index < -0.39 is 0 Å².